The Labute approximate surface area is 221 Å². The van der Waals surface area contributed by atoms with Gasteiger partial charge in [-0.25, -0.2) is 0 Å². The third-order valence-electron chi connectivity index (χ3n) is 7.97. The van der Waals surface area contributed by atoms with Crippen LogP contribution in [-0.2, 0) is 11.3 Å². The first-order valence-electron chi connectivity index (χ1n) is 13.5. The van der Waals surface area contributed by atoms with Crippen molar-refractivity contribution in [2.24, 2.45) is 10.9 Å². The zero-order chi connectivity index (χ0) is 26.1. The van der Waals surface area contributed by atoms with Crippen LogP contribution in [0.1, 0.15) is 60.3 Å². The zero-order valence-electron chi connectivity index (χ0n) is 21.6. The maximum Gasteiger partial charge on any atom is 0.319 e. The highest BCUT2D eigenvalue weighted by molar-refractivity contribution is 6.07. The maximum absolute atomic E-state index is 13.0. The summed E-state index contributed by atoms with van der Waals surface area (Å²) < 4.78 is 17.2. The highest BCUT2D eigenvalue weighted by Gasteiger charge is 2.33. The van der Waals surface area contributed by atoms with Crippen LogP contribution in [-0.4, -0.2) is 83.3 Å². The minimum Gasteiger partial charge on any atom is -0.496 e. The molecule has 38 heavy (non-hydrogen) atoms. The van der Waals surface area contributed by atoms with Crippen molar-refractivity contribution in [3.05, 3.63) is 35.3 Å². The number of piperidine rings is 1. The van der Waals surface area contributed by atoms with Gasteiger partial charge < -0.3 is 29.5 Å². The van der Waals surface area contributed by atoms with E-state index in [-0.39, 0.29) is 29.8 Å². The third-order valence-corrected chi connectivity index (χ3v) is 7.97. The van der Waals surface area contributed by atoms with Gasteiger partial charge in [-0.2, -0.15) is 9.97 Å². The molecule has 1 amide bonds. The molecule has 2 aromatic heterocycles. The van der Waals surface area contributed by atoms with Gasteiger partial charge in [0.2, 0.25) is 0 Å². The molecule has 3 atom stereocenters. The van der Waals surface area contributed by atoms with Crippen LogP contribution in [0.25, 0.3) is 0 Å². The van der Waals surface area contributed by atoms with E-state index in [0.717, 1.165) is 74.5 Å². The molecule has 2 N–H and O–H groups in total. The molecule has 0 unspecified atom stereocenters. The first-order valence-corrected chi connectivity index (χ1v) is 13.5. The summed E-state index contributed by atoms with van der Waals surface area (Å²) in [6, 6.07) is 3.54. The van der Waals surface area contributed by atoms with E-state index in [9.17, 15) is 9.90 Å². The predicted octanol–water partition coefficient (Wildman–Crippen LogP) is 1.91. The van der Waals surface area contributed by atoms with Gasteiger partial charge in [-0.1, -0.05) is 0 Å². The van der Waals surface area contributed by atoms with Gasteiger partial charge in [0.1, 0.15) is 23.9 Å². The summed E-state index contributed by atoms with van der Waals surface area (Å²) in [5.74, 6) is 1.45. The Morgan fingerprint density at radius 2 is 2.08 bits per heavy atom. The zero-order valence-corrected chi connectivity index (χ0v) is 21.6. The second-order valence-corrected chi connectivity index (χ2v) is 10.4. The molecule has 3 fully saturated rings. The van der Waals surface area contributed by atoms with Gasteiger partial charge >= 0.3 is 6.01 Å². The number of nitrogens with zero attached hydrogens (tertiary/aromatic N) is 5. The molecule has 2 aromatic rings. The molecule has 1 aliphatic carbocycles. The van der Waals surface area contributed by atoms with Crippen molar-refractivity contribution in [2.75, 3.05) is 38.3 Å². The van der Waals surface area contributed by atoms with E-state index in [0.29, 0.717) is 31.3 Å². The van der Waals surface area contributed by atoms with Crippen LogP contribution < -0.4 is 19.7 Å². The van der Waals surface area contributed by atoms with Crippen molar-refractivity contribution in [2.45, 2.75) is 63.3 Å². The lowest BCUT2D eigenvalue weighted by atomic mass is 9.88. The van der Waals surface area contributed by atoms with Crippen LogP contribution in [0.5, 0.6) is 11.8 Å². The molecule has 4 aliphatic rings. The van der Waals surface area contributed by atoms with Gasteiger partial charge in [0, 0.05) is 37.9 Å². The Kier molecular flexibility index (Phi) is 7.12. The summed E-state index contributed by atoms with van der Waals surface area (Å²) in [6.45, 7) is 3.19. The summed E-state index contributed by atoms with van der Waals surface area (Å²) >= 11 is 0. The van der Waals surface area contributed by atoms with Crippen molar-refractivity contribution >= 4 is 17.4 Å². The molecule has 0 bridgehead atoms. The number of aliphatic hydroxyl groups is 1. The number of methoxy groups -OCH3 is 1. The van der Waals surface area contributed by atoms with E-state index >= 15 is 0 Å². The molecule has 0 aromatic carbocycles. The number of aliphatic imine (C=N–C) groups is 1. The molecule has 0 spiro atoms. The molecule has 1 saturated carbocycles. The van der Waals surface area contributed by atoms with Gasteiger partial charge in [-0.15, -0.1) is 0 Å². The number of ether oxygens (including phenoxy) is 3. The number of aromatic nitrogens is 3. The Bertz CT molecular complexity index is 1210. The number of amides is 1. The molecule has 202 valence electrons. The van der Waals surface area contributed by atoms with Gasteiger partial charge in [0.25, 0.3) is 5.91 Å². The normalized spacial score (nSPS) is 24.9. The second-order valence-electron chi connectivity index (χ2n) is 10.4. The highest BCUT2D eigenvalue weighted by Crippen LogP contribution is 2.34. The van der Waals surface area contributed by atoms with E-state index in [1.807, 2.05) is 6.07 Å². The van der Waals surface area contributed by atoms with E-state index < -0.39 is 6.10 Å². The first kappa shape index (κ1) is 25.0. The number of carbonyl (C=O) groups is 1. The van der Waals surface area contributed by atoms with Crippen LogP contribution in [0.4, 0.5) is 5.82 Å². The van der Waals surface area contributed by atoms with Crippen molar-refractivity contribution in [1.82, 2.24) is 20.3 Å². The van der Waals surface area contributed by atoms with Crippen molar-refractivity contribution < 1.29 is 24.1 Å². The lowest BCUT2D eigenvalue weighted by Gasteiger charge is -2.34. The first-order chi connectivity index (χ1) is 18.6. The molecule has 5 heterocycles. The quantitative estimate of drug-likeness (QED) is 0.534. The number of nitrogens with one attached hydrogen (secondary N) is 1. The third kappa shape index (κ3) is 5.04. The Balaban J connectivity index is 1.17. The van der Waals surface area contributed by atoms with Crippen LogP contribution in [0, 0.1) is 5.92 Å². The fourth-order valence-electron chi connectivity index (χ4n) is 5.60. The van der Waals surface area contributed by atoms with E-state index in [1.165, 1.54) is 0 Å². The Morgan fingerprint density at radius 1 is 1.21 bits per heavy atom. The van der Waals surface area contributed by atoms with Crippen LogP contribution in [0.15, 0.2) is 23.3 Å². The summed E-state index contributed by atoms with van der Waals surface area (Å²) in [4.78, 5) is 33.5. The number of pyridine rings is 1. The van der Waals surface area contributed by atoms with Gasteiger partial charge in [-0.3, -0.25) is 14.8 Å². The molecule has 11 heteroatoms. The summed E-state index contributed by atoms with van der Waals surface area (Å²) in [5, 5.41) is 12.8. The fourth-order valence-corrected chi connectivity index (χ4v) is 5.60. The fraction of sp³-hybridized carbons (Fsp3) is 0.593. The van der Waals surface area contributed by atoms with Gasteiger partial charge in [0.05, 0.1) is 48.9 Å². The minimum absolute atomic E-state index is 0.0157. The minimum atomic E-state index is -0.507. The van der Waals surface area contributed by atoms with E-state index in [4.69, 9.17) is 19.2 Å². The lowest BCUT2D eigenvalue weighted by Crippen LogP contribution is -2.50. The van der Waals surface area contributed by atoms with E-state index in [1.54, 1.807) is 19.4 Å². The van der Waals surface area contributed by atoms with Crippen molar-refractivity contribution in [3.63, 3.8) is 0 Å². The average Bonchev–Trinajstić information content (AvgIpc) is 3.64. The monoisotopic (exact) mass is 522 g/mol. The molecular formula is C27H34N6O5. The number of rotatable bonds is 8. The molecule has 0 radical (unpaired) electrons. The lowest BCUT2D eigenvalue weighted by molar-refractivity contribution is 0.0444. The van der Waals surface area contributed by atoms with E-state index in [2.05, 4.69) is 25.2 Å². The number of hydrogen-bond acceptors (Lipinski definition) is 10. The van der Waals surface area contributed by atoms with Crippen LogP contribution in [0.3, 0.4) is 0 Å². The number of carbonyl (C=O) groups excluding carboxylic acids is 1. The summed E-state index contributed by atoms with van der Waals surface area (Å²) in [7, 11) is 1.68. The number of fused-ring (bicyclic) bond motifs is 1. The molecule has 11 nitrogen and oxygen atoms in total. The van der Waals surface area contributed by atoms with Crippen molar-refractivity contribution in [3.8, 4) is 11.8 Å². The van der Waals surface area contributed by atoms with Crippen LogP contribution in [0.2, 0.25) is 0 Å². The van der Waals surface area contributed by atoms with Crippen LogP contribution >= 0.6 is 0 Å². The Morgan fingerprint density at radius 3 is 2.79 bits per heavy atom. The van der Waals surface area contributed by atoms with Gasteiger partial charge in [-0.05, 0) is 44.6 Å². The second kappa shape index (κ2) is 10.8. The molecule has 3 aliphatic heterocycles. The average molecular weight is 523 g/mol. The number of aliphatic hydroxyl groups excluding tert-OH is 1. The SMILES string of the molecule is COc1ccnc2c1C(C1CCN(c3cc(C(=O)N[C@H]4CC[C@H]4O)nc(OC[C@H]4CCCO4)n3)CC1)=NC2. The van der Waals surface area contributed by atoms with Crippen molar-refractivity contribution in [1.29, 1.82) is 0 Å². The maximum atomic E-state index is 13.0. The molecular weight excluding hydrogens is 488 g/mol. The summed E-state index contributed by atoms with van der Waals surface area (Å²) in [6.07, 6.45) is 6.47. The number of hydrogen-bond donors (Lipinski definition) is 2. The smallest absolute Gasteiger partial charge is 0.319 e. The molecule has 2 saturated heterocycles. The highest BCUT2D eigenvalue weighted by atomic mass is 16.5. The predicted molar refractivity (Wildman–Crippen MR) is 139 cm³/mol. The topological polar surface area (TPSA) is 131 Å². The van der Waals surface area contributed by atoms with Gasteiger partial charge in [0.15, 0.2) is 0 Å². The standard InChI is InChI=1S/C27H34N6O5/c1-36-22-6-9-28-20-14-29-25(24(20)22)16-7-10-33(11-8-16)23-13-19(26(35)30-18-4-5-21(18)34)31-27(32-23)38-15-17-3-2-12-37-17/h6,9,13,16-18,21,34H,2-5,7-8,10-12,14-15H2,1H3,(H,30,35)/t17-,18+,21-/m1/s1. The largest absolute Gasteiger partial charge is 0.496 e. The Hall–Kier alpha value is -3.31. The molecule has 6 rings (SSSR count). The summed E-state index contributed by atoms with van der Waals surface area (Å²) in [5.41, 5.74) is 3.32. The number of anilines is 1.